The number of aliphatic hydroxyl groups is 2. The predicted octanol–water partition coefficient (Wildman–Crippen LogP) is 0.634. The standard InChI is InChI=1S/C17H17F2N2O9P/c1-8-5-21(16(25)20-14(8)24)15-12(22)13(23)17(19,29-15)7-28-31(26)27-6-9-4-10(18)2-3-11(9)30-31/h2-5,12-13,15,22-23H,6-7H2,1H3,(H,20,24,25)/t12-,13+,15-,17-,31?/m1/s1/i15D. The number of aliphatic hydroxyl groups excluding tert-OH is 2. The smallest absolute Gasteiger partial charge is 0.404 e. The van der Waals surface area contributed by atoms with Crippen molar-refractivity contribution in [2.24, 2.45) is 0 Å². The van der Waals surface area contributed by atoms with Crippen molar-refractivity contribution in [2.75, 3.05) is 6.61 Å². The van der Waals surface area contributed by atoms with Gasteiger partial charge in [0.25, 0.3) is 11.4 Å². The highest BCUT2D eigenvalue weighted by atomic mass is 31.2. The number of nitrogens with zero attached hydrogens (tertiary/aromatic N) is 1. The number of rotatable bonds is 4. The van der Waals surface area contributed by atoms with E-state index in [-0.39, 0.29) is 23.5 Å². The topological polar surface area (TPSA) is 149 Å². The molecule has 31 heavy (non-hydrogen) atoms. The highest BCUT2D eigenvalue weighted by molar-refractivity contribution is 7.49. The molecule has 1 saturated heterocycles. The number of aryl methyl sites for hydroxylation is 1. The average Bonchev–Trinajstić information content (AvgIpc) is 2.91. The highest BCUT2D eigenvalue weighted by Gasteiger charge is 2.57. The Labute approximate surface area is 173 Å². The fourth-order valence-corrected chi connectivity index (χ4v) is 4.21. The molecule has 0 spiro atoms. The van der Waals surface area contributed by atoms with E-state index < -0.39 is 55.8 Å². The van der Waals surface area contributed by atoms with Crippen LogP contribution in [0.1, 0.15) is 18.7 Å². The third kappa shape index (κ3) is 3.95. The molecule has 14 heteroatoms. The highest BCUT2D eigenvalue weighted by Crippen LogP contribution is 2.55. The Balaban J connectivity index is 1.56. The lowest BCUT2D eigenvalue weighted by Gasteiger charge is -2.28. The SMILES string of the molecule is [2H][C@@]1(n2cc(C)c(=O)[nH]c2=O)O[C@](F)(COP2(=O)OCc3cc(F)ccc3O2)[C@@H](O)[C@H]1O. The summed E-state index contributed by atoms with van der Waals surface area (Å²) < 4.78 is 69.7. The first-order valence-corrected chi connectivity index (χ1v) is 10.3. The van der Waals surface area contributed by atoms with Crippen LogP contribution in [0.5, 0.6) is 5.75 Å². The molecule has 0 bridgehead atoms. The van der Waals surface area contributed by atoms with Crippen molar-refractivity contribution in [1.82, 2.24) is 9.55 Å². The number of hydrogen-bond donors (Lipinski definition) is 3. The molecule has 1 aromatic carbocycles. The molecule has 2 aliphatic rings. The summed E-state index contributed by atoms with van der Waals surface area (Å²) in [5, 5.41) is 20.5. The first kappa shape index (κ1) is 20.5. The molecule has 11 nitrogen and oxygen atoms in total. The lowest BCUT2D eigenvalue weighted by atomic mass is 10.1. The van der Waals surface area contributed by atoms with Crippen molar-refractivity contribution in [3.8, 4) is 5.75 Å². The van der Waals surface area contributed by atoms with Crippen molar-refractivity contribution in [3.05, 3.63) is 62.2 Å². The van der Waals surface area contributed by atoms with Crippen LogP contribution in [0.2, 0.25) is 0 Å². The maximum Gasteiger partial charge on any atom is 0.530 e. The molecular formula is C17H17F2N2O9P. The van der Waals surface area contributed by atoms with E-state index in [0.717, 1.165) is 18.3 Å². The van der Waals surface area contributed by atoms with Gasteiger partial charge in [0.05, 0.1) is 7.98 Å². The molecule has 2 aliphatic heterocycles. The molecule has 5 atom stereocenters. The lowest BCUT2D eigenvalue weighted by Crippen LogP contribution is -2.43. The van der Waals surface area contributed by atoms with Gasteiger partial charge in [-0.1, -0.05) is 0 Å². The molecule has 168 valence electrons. The summed E-state index contributed by atoms with van der Waals surface area (Å²) in [6.45, 7) is -0.435. The average molecular weight is 463 g/mol. The first-order valence-electron chi connectivity index (χ1n) is 9.32. The minimum atomic E-state index is -4.45. The van der Waals surface area contributed by atoms with Gasteiger partial charge >= 0.3 is 13.5 Å². The van der Waals surface area contributed by atoms with Gasteiger partial charge < -0.3 is 19.5 Å². The second kappa shape index (κ2) is 7.62. The lowest BCUT2D eigenvalue weighted by molar-refractivity contribution is -0.205. The zero-order valence-electron chi connectivity index (χ0n) is 16.8. The van der Waals surface area contributed by atoms with E-state index in [2.05, 4.69) is 0 Å². The number of phosphoric acid groups is 1. The summed E-state index contributed by atoms with van der Waals surface area (Å²) >= 11 is 0. The number of aromatic amines is 1. The van der Waals surface area contributed by atoms with Crippen molar-refractivity contribution in [1.29, 1.82) is 0 Å². The number of aromatic nitrogens is 2. The van der Waals surface area contributed by atoms with E-state index >= 15 is 4.39 Å². The number of nitrogens with one attached hydrogen (secondary N) is 1. The Bertz CT molecular complexity index is 1240. The molecule has 0 radical (unpaired) electrons. The van der Waals surface area contributed by atoms with Crippen LogP contribution < -0.4 is 15.8 Å². The molecule has 3 N–H and O–H groups in total. The summed E-state index contributed by atoms with van der Waals surface area (Å²) in [5.74, 6) is -3.96. The third-order valence-electron chi connectivity index (χ3n) is 4.66. The van der Waals surface area contributed by atoms with Gasteiger partial charge in [0, 0.05) is 17.3 Å². The predicted molar refractivity (Wildman–Crippen MR) is 97.4 cm³/mol. The van der Waals surface area contributed by atoms with E-state index in [0.29, 0.717) is 4.57 Å². The third-order valence-corrected chi connectivity index (χ3v) is 5.97. The molecular weight excluding hydrogens is 445 g/mol. The number of fused-ring (bicyclic) bond motifs is 1. The molecule has 1 fully saturated rings. The molecule has 1 unspecified atom stereocenters. The number of alkyl halides is 1. The van der Waals surface area contributed by atoms with Crippen molar-refractivity contribution >= 4 is 7.82 Å². The molecule has 0 aliphatic carbocycles. The van der Waals surface area contributed by atoms with E-state index in [4.69, 9.17) is 19.7 Å². The number of halogens is 2. The van der Waals surface area contributed by atoms with Gasteiger partial charge in [0.2, 0.25) is 0 Å². The molecule has 4 rings (SSSR count). The molecule has 3 heterocycles. The number of hydrogen-bond acceptors (Lipinski definition) is 9. The second-order valence-corrected chi connectivity index (χ2v) is 8.49. The van der Waals surface area contributed by atoms with Crippen LogP contribution in [0, 0.1) is 12.7 Å². The molecule has 1 aromatic heterocycles. The van der Waals surface area contributed by atoms with Crippen LogP contribution in [0.3, 0.4) is 0 Å². The van der Waals surface area contributed by atoms with Crippen molar-refractivity contribution in [3.63, 3.8) is 0 Å². The van der Waals surface area contributed by atoms with Gasteiger partial charge in [-0.3, -0.25) is 23.4 Å². The fourth-order valence-electron chi connectivity index (χ4n) is 2.98. The Morgan fingerprint density at radius 2 is 2.19 bits per heavy atom. The quantitative estimate of drug-likeness (QED) is 0.555. The van der Waals surface area contributed by atoms with Crippen LogP contribution in [0.15, 0.2) is 34.0 Å². The minimum absolute atomic E-state index is 0.0353. The zero-order chi connectivity index (χ0) is 23.5. The van der Waals surface area contributed by atoms with Gasteiger partial charge in [0.15, 0.2) is 6.20 Å². The molecule has 0 saturated carbocycles. The maximum absolute atomic E-state index is 15.4. The second-order valence-electron chi connectivity index (χ2n) is 6.89. The van der Waals surface area contributed by atoms with E-state index in [1.54, 1.807) is 0 Å². The monoisotopic (exact) mass is 463 g/mol. The number of benzene rings is 1. The fraction of sp³-hybridized carbons (Fsp3) is 0.412. The Kier molecular flexibility index (Phi) is 5.04. The summed E-state index contributed by atoms with van der Waals surface area (Å²) in [6.07, 6.45) is -6.81. The van der Waals surface area contributed by atoms with Crippen LogP contribution >= 0.6 is 7.82 Å². The largest absolute Gasteiger partial charge is 0.530 e. The molecule has 0 amide bonds. The van der Waals surface area contributed by atoms with Crippen LogP contribution in [-0.2, 0) is 25.0 Å². The summed E-state index contributed by atoms with van der Waals surface area (Å²) in [5.41, 5.74) is -1.82. The maximum atomic E-state index is 15.4. The van der Waals surface area contributed by atoms with Crippen molar-refractivity contribution in [2.45, 2.75) is 37.8 Å². The summed E-state index contributed by atoms with van der Waals surface area (Å²) in [6, 6.07) is 3.27. The zero-order valence-corrected chi connectivity index (χ0v) is 16.7. The summed E-state index contributed by atoms with van der Waals surface area (Å²) in [4.78, 5) is 25.5. The van der Waals surface area contributed by atoms with Gasteiger partial charge in [-0.25, -0.2) is 18.1 Å². The first-order chi connectivity index (χ1) is 14.9. The van der Waals surface area contributed by atoms with Crippen LogP contribution in [0.4, 0.5) is 8.78 Å². The van der Waals surface area contributed by atoms with Gasteiger partial charge in [-0.05, 0) is 25.1 Å². The van der Waals surface area contributed by atoms with E-state index in [1.165, 1.54) is 13.0 Å². The molecule has 2 aromatic rings. The normalized spacial score (nSPS) is 35.3. The Hall–Kier alpha value is -2.41. The van der Waals surface area contributed by atoms with Crippen LogP contribution in [0.25, 0.3) is 0 Å². The minimum Gasteiger partial charge on any atom is -0.404 e. The van der Waals surface area contributed by atoms with Crippen LogP contribution in [-0.4, -0.2) is 44.4 Å². The van der Waals surface area contributed by atoms with Gasteiger partial charge in [-0.2, -0.15) is 0 Å². The number of phosphoric ester groups is 1. The van der Waals surface area contributed by atoms with E-state index in [1.807, 2.05) is 4.98 Å². The Morgan fingerprint density at radius 3 is 2.94 bits per heavy atom. The number of H-pyrrole nitrogens is 1. The van der Waals surface area contributed by atoms with Gasteiger partial charge in [-0.15, -0.1) is 0 Å². The number of ether oxygens (including phenoxy) is 1. The van der Waals surface area contributed by atoms with E-state index in [9.17, 15) is 28.8 Å². The van der Waals surface area contributed by atoms with Gasteiger partial charge in [0.1, 0.15) is 30.4 Å². The summed E-state index contributed by atoms with van der Waals surface area (Å²) in [7, 11) is -4.45. The Morgan fingerprint density at radius 1 is 1.45 bits per heavy atom. The van der Waals surface area contributed by atoms with Crippen molar-refractivity contribution < 1.29 is 43.2 Å².